The normalized spacial score (nSPS) is 11.3. The summed E-state index contributed by atoms with van der Waals surface area (Å²) in [6, 6.07) is 8.31. The molecule has 3 aromatic rings. The van der Waals surface area contributed by atoms with Gasteiger partial charge in [0.15, 0.2) is 11.6 Å². The van der Waals surface area contributed by atoms with Crippen molar-refractivity contribution in [1.29, 1.82) is 0 Å². The Morgan fingerprint density at radius 2 is 2.00 bits per heavy atom. The van der Waals surface area contributed by atoms with E-state index in [1.165, 1.54) is 10.9 Å². The summed E-state index contributed by atoms with van der Waals surface area (Å²) in [7, 11) is 3.97. The fourth-order valence-corrected chi connectivity index (χ4v) is 2.43. The molecular formula is C14H17N5. The van der Waals surface area contributed by atoms with E-state index in [2.05, 4.69) is 33.0 Å². The van der Waals surface area contributed by atoms with Gasteiger partial charge in [0.2, 0.25) is 0 Å². The lowest BCUT2D eigenvalue weighted by molar-refractivity contribution is 0.744. The molecule has 1 aromatic carbocycles. The molecule has 0 atom stereocenters. The minimum Gasteiger partial charge on any atom is -0.350 e. The first-order valence-electron chi connectivity index (χ1n) is 6.35. The first kappa shape index (κ1) is 11.9. The van der Waals surface area contributed by atoms with Gasteiger partial charge in [-0.05, 0) is 12.6 Å². The molecule has 0 unspecified atom stereocenters. The molecular weight excluding hydrogens is 238 g/mol. The summed E-state index contributed by atoms with van der Waals surface area (Å²) in [4.78, 5) is 4.59. The highest BCUT2D eigenvalue weighted by Crippen LogP contribution is 2.28. The molecule has 0 radical (unpaired) electrons. The lowest BCUT2D eigenvalue weighted by Gasteiger charge is -1.97. The zero-order chi connectivity index (χ0) is 13.4. The SMILES string of the molecule is Cn1nc(CCN)nc1-c1cn(C)c2ccccc12. The molecule has 0 bridgehead atoms. The molecule has 0 fully saturated rings. The zero-order valence-electron chi connectivity index (χ0n) is 11.2. The summed E-state index contributed by atoms with van der Waals surface area (Å²) in [5.41, 5.74) is 7.86. The van der Waals surface area contributed by atoms with Crippen LogP contribution in [0.5, 0.6) is 0 Å². The van der Waals surface area contributed by atoms with Gasteiger partial charge in [-0.2, -0.15) is 5.10 Å². The molecule has 2 N–H and O–H groups in total. The van der Waals surface area contributed by atoms with Crippen LogP contribution >= 0.6 is 0 Å². The number of aryl methyl sites for hydroxylation is 2. The monoisotopic (exact) mass is 255 g/mol. The van der Waals surface area contributed by atoms with Crippen LogP contribution in [0.2, 0.25) is 0 Å². The largest absolute Gasteiger partial charge is 0.350 e. The lowest BCUT2D eigenvalue weighted by atomic mass is 10.1. The van der Waals surface area contributed by atoms with Crippen molar-refractivity contribution in [3.8, 4) is 11.4 Å². The number of nitrogens with zero attached hydrogens (tertiary/aromatic N) is 4. The number of rotatable bonds is 3. The predicted octanol–water partition coefficient (Wildman–Crippen LogP) is 1.47. The van der Waals surface area contributed by atoms with Gasteiger partial charge < -0.3 is 10.3 Å². The molecule has 0 aliphatic heterocycles. The maximum atomic E-state index is 5.56. The summed E-state index contributed by atoms with van der Waals surface area (Å²) >= 11 is 0. The maximum absolute atomic E-state index is 5.56. The number of benzene rings is 1. The molecule has 5 nitrogen and oxygen atoms in total. The van der Waals surface area contributed by atoms with Crippen molar-refractivity contribution in [2.45, 2.75) is 6.42 Å². The van der Waals surface area contributed by atoms with Crippen LogP contribution in [0.15, 0.2) is 30.5 Å². The van der Waals surface area contributed by atoms with E-state index in [4.69, 9.17) is 5.73 Å². The van der Waals surface area contributed by atoms with Gasteiger partial charge in [0.1, 0.15) is 0 Å². The Kier molecular flexibility index (Phi) is 2.83. The van der Waals surface area contributed by atoms with E-state index in [0.717, 1.165) is 17.2 Å². The topological polar surface area (TPSA) is 61.7 Å². The van der Waals surface area contributed by atoms with Gasteiger partial charge in [-0.25, -0.2) is 9.67 Å². The molecule has 98 valence electrons. The Bertz CT molecular complexity index is 723. The van der Waals surface area contributed by atoms with Gasteiger partial charge in [0.25, 0.3) is 0 Å². The minimum absolute atomic E-state index is 0.568. The first-order valence-corrected chi connectivity index (χ1v) is 6.35. The molecule has 0 aliphatic carbocycles. The number of hydrogen-bond acceptors (Lipinski definition) is 3. The molecule has 0 saturated heterocycles. The van der Waals surface area contributed by atoms with Crippen molar-refractivity contribution in [3.05, 3.63) is 36.3 Å². The third-order valence-electron chi connectivity index (χ3n) is 3.31. The average molecular weight is 255 g/mol. The fourth-order valence-electron chi connectivity index (χ4n) is 2.43. The molecule has 0 aliphatic rings. The van der Waals surface area contributed by atoms with Gasteiger partial charge in [0.05, 0.1) is 0 Å². The number of fused-ring (bicyclic) bond motifs is 1. The van der Waals surface area contributed by atoms with Crippen molar-refractivity contribution >= 4 is 10.9 Å². The molecule has 2 aromatic heterocycles. The lowest BCUT2D eigenvalue weighted by Crippen LogP contribution is -2.04. The number of hydrogen-bond donors (Lipinski definition) is 1. The van der Waals surface area contributed by atoms with Crippen LogP contribution in [0.1, 0.15) is 5.82 Å². The fraction of sp³-hybridized carbons (Fsp3) is 0.286. The van der Waals surface area contributed by atoms with E-state index < -0.39 is 0 Å². The number of aromatic nitrogens is 4. The molecule has 3 rings (SSSR count). The molecule has 0 amide bonds. The summed E-state index contributed by atoms with van der Waals surface area (Å²) < 4.78 is 3.94. The van der Waals surface area contributed by atoms with Gasteiger partial charge in [-0.1, -0.05) is 18.2 Å². The number of nitrogens with two attached hydrogens (primary N) is 1. The Hall–Kier alpha value is -2.14. The van der Waals surface area contributed by atoms with Crippen LogP contribution in [0, 0.1) is 0 Å². The zero-order valence-corrected chi connectivity index (χ0v) is 11.2. The quantitative estimate of drug-likeness (QED) is 0.771. The van der Waals surface area contributed by atoms with E-state index in [9.17, 15) is 0 Å². The summed E-state index contributed by atoms with van der Waals surface area (Å²) in [5.74, 6) is 1.69. The summed E-state index contributed by atoms with van der Waals surface area (Å²) in [6.45, 7) is 0.568. The smallest absolute Gasteiger partial charge is 0.160 e. The molecule has 0 spiro atoms. The second-order valence-electron chi connectivity index (χ2n) is 4.68. The third-order valence-corrected chi connectivity index (χ3v) is 3.31. The van der Waals surface area contributed by atoms with Crippen LogP contribution < -0.4 is 5.73 Å². The highest BCUT2D eigenvalue weighted by Gasteiger charge is 2.14. The first-order chi connectivity index (χ1) is 9.20. The Morgan fingerprint density at radius 1 is 1.21 bits per heavy atom. The third kappa shape index (κ3) is 1.92. The van der Waals surface area contributed by atoms with Crippen LogP contribution in [-0.2, 0) is 20.5 Å². The second kappa shape index (κ2) is 4.51. The molecule has 2 heterocycles. The van der Waals surface area contributed by atoms with E-state index in [1.807, 2.05) is 30.9 Å². The van der Waals surface area contributed by atoms with Crippen LogP contribution in [0.3, 0.4) is 0 Å². The van der Waals surface area contributed by atoms with E-state index in [0.29, 0.717) is 13.0 Å². The molecule has 5 heteroatoms. The highest BCUT2D eigenvalue weighted by atomic mass is 15.3. The van der Waals surface area contributed by atoms with Gasteiger partial charge in [-0.15, -0.1) is 0 Å². The van der Waals surface area contributed by atoms with Crippen molar-refractivity contribution < 1.29 is 0 Å². The minimum atomic E-state index is 0.568. The summed E-state index contributed by atoms with van der Waals surface area (Å²) in [6.07, 6.45) is 2.81. The Balaban J connectivity index is 2.19. The maximum Gasteiger partial charge on any atom is 0.160 e. The Morgan fingerprint density at radius 3 is 2.79 bits per heavy atom. The van der Waals surface area contributed by atoms with Gasteiger partial charge >= 0.3 is 0 Å². The summed E-state index contributed by atoms with van der Waals surface area (Å²) in [5, 5.41) is 5.60. The highest BCUT2D eigenvalue weighted by molar-refractivity contribution is 5.94. The number of para-hydroxylation sites is 1. The predicted molar refractivity (Wildman–Crippen MR) is 75.7 cm³/mol. The molecule has 0 saturated carbocycles. The Labute approximate surface area is 111 Å². The van der Waals surface area contributed by atoms with E-state index >= 15 is 0 Å². The van der Waals surface area contributed by atoms with Crippen molar-refractivity contribution in [1.82, 2.24) is 19.3 Å². The van der Waals surface area contributed by atoms with Crippen LogP contribution in [0.4, 0.5) is 0 Å². The van der Waals surface area contributed by atoms with E-state index in [-0.39, 0.29) is 0 Å². The standard InChI is InChI=1S/C14H17N5/c1-18-9-11(10-5-3-4-6-12(10)18)14-16-13(7-8-15)17-19(14)2/h3-6,9H,7-8,15H2,1-2H3. The average Bonchev–Trinajstić information content (AvgIpc) is 2.92. The van der Waals surface area contributed by atoms with Crippen molar-refractivity contribution in [2.75, 3.05) is 6.54 Å². The van der Waals surface area contributed by atoms with Crippen LogP contribution in [0.25, 0.3) is 22.3 Å². The van der Waals surface area contributed by atoms with Crippen molar-refractivity contribution in [2.24, 2.45) is 19.8 Å². The molecule has 19 heavy (non-hydrogen) atoms. The van der Waals surface area contributed by atoms with E-state index in [1.54, 1.807) is 0 Å². The van der Waals surface area contributed by atoms with Crippen molar-refractivity contribution in [3.63, 3.8) is 0 Å². The van der Waals surface area contributed by atoms with Gasteiger partial charge in [-0.3, -0.25) is 0 Å². The van der Waals surface area contributed by atoms with Gasteiger partial charge in [0, 0.05) is 43.2 Å². The van der Waals surface area contributed by atoms with Crippen LogP contribution in [-0.4, -0.2) is 25.9 Å². The second-order valence-corrected chi connectivity index (χ2v) is 4.68.